The van der Waals surface area contributed by atoms with Crippen molar-refractivity contribution >= 4 is 41.5 Å². The molecular weight excluding hydrogens is 638 g/mol. The Bertz CT molecular complexity index is 1390. The van der Waals surface area contributed by atoms with Gasteiger partial charge in [-0.2, -0.15) is 0 Å². The van der Waals surface area contributed by atoms with Crippen LogP contribution < -0.4 is 21.3 Å². The van der Waals surface area contributed by atoms with Crippen molar-refractivity contribution in [2.45, 2.75) is 130 Å². The Labute approximate surface area is 297 Å². The number of carbonyl (C=O) groups excluding carboxylic acids is 4. The smallest absolute Gasteiger partial charge is 0.414 e. The number of carbonyl (C=O) groups is 4. The van der Waals surface area contributed by atoms with Crippen molar-refractivity contribution in [1.82, 2.24) is 16.0 Å². The summed E-state index contributed by atoms with van der Waals surface area (Å²) in [6.45, 7) is 16.5. The Morgan fingerprint density at radius 3 is 1.52 bits per heavy atom. The number of guanidine groups is 1. The molecule has 12 nitrogen and oxygen atoms in total. The van der Waals surface area contributed by atoms with Crippen molar-refractivity contribution in [3.8, 4) is 0 Å². The summed E-state index contributed by atoms with van der Waals surface area (Å²) >= 11 is 0. The summed E-state index contributed by atoms with van der Waals surface area (Å²) in [5, 5.41) is 10.7. The molecule has 0 aliphatic heterocycles. The lowest BCUT2D eigenvalue weighted by molar-refractivity contribution is -0.116. The molecule has 0 aliphatic carbocycles. The van der Waals surface area contributed by atoms with E-state index in [1.807, 2.05) is 57.2 Å². The highest BCUT2D eigenvalue weighted by molar-refractivity contribution is 6.02. The SMILES string of the molecule is CC(C)(C)OC(=O)NCCCCCCCC(=O)Nc1ccc(CCc2ccc(N=C(NC(=O)OC(C)(C)C)NC(=O)OC(C)(C)C)cc2)cc1. The largest absolute Gasteiger partial charge is 0.444 e. The monoisotopic (exact) mass is 695 g/mol. The zero-order chi connectivity index (χ0) is 37.4. The molecule has 0 spiro atoms. The topological polar surface area (TPSA) is 156 Å². The number of anilines is 1. The number of aliphatic imine (C=N–C) groups is 1. The molecule has 0 aromatic heterocycles. The molecule has 2 aromatic carbocycles. The molecule has 4 amide bonds. The van der Waals surface area contributed by atoms with E-state index in [9.17, 15) is 19.2 Å². The number of rotatable bonds is 13. The van der Waals surface area contributed by atoms with Gasteiger partial charge in [-0.25, -0.2) is 19.4 Å². The lowest BCUT2D eigenvalue weighted by Gasteiger charge is -2.22. The van der Waals surface area contributed by atoms with Crippen LogP contribution in [-0.2, 0) is 31.8 Å². The van der Waals surface area contributed by atoms with Crippen molar-refractivity contribution in [3.05, 3.63) is 59.7 Å². The summed E-state index contributed by atoms with van der Waals surface area (Å²) in [5.74, 6) is -0.118. The number of aryl methyl sites for hydroxylation is 2. The molecule has 0 unspecified atom stereocenters. The van der Waals surface area contributed by atoms with Gasteiger partial charge in [0.1, 0.15) is 16.8 Å². The molecule has 0 saturated carbocycles. The fraction of sp³-hybridized carbons (Fsp3) is 0.553. The first-order valence-corrected chi connectivity index (χ1v) is 17.3. The van der Waals surface area contributed by atoms with Crippen LogP contribution in [0.4, 0.5) is 25.8 Å². The van der Waals surface area contributed by atoms with Crippen LogP contribution >= 0.6 is 0 Å². The predicted octanol–water partition coefficient (Wildman–Crippen LogP) is 8.31. The zero-order valence-electron chi connectivity index (χ0n) is 31.3. The van der Waals surface area contributed by atoms with E-state index in [0.717, 1.165) is 61.8 Å². The van der Waals surface area contributed by atoms with E-state index in [0.29, 0.717) is 18.7 Å². The summed E-state index contributed by atoms with van der Waals surface area (Å²) in [4.78, 5) is 53.2. The van der Waals surface area contributed by atoms with Gasteiger partial charge in [0.15, 0.2) is 0 Å². The first kappa shape index (κ1) is 41.6. The zero-order valence-corrected chi connectivity index (χ0v) is 31.3. The summed E-state index contributed by atoms with van der Waals surface area (Å²) in [6.07, 6.45) is 4.78. The second kappa shape index (κ2) is 19.5. The van der Waals surface area contributed by atoms with Gasteiger partial charge < -0.3 is 24.8 Å². The first-order chi connectivity index (χ1) is 23.3. The van der Waals surface area contributed by atoms with Crippen LogP contribution in [0.5, 0.6) is 0 Å². The highest BCUT2D eigenvalue weighted by Crippen LogP contribution is 2.17. The van der Waals surface area contributed by atoms with Gasteiger partial charge >= 0.3 is 18.3 Å². The third-order valence-electron chi connectivity index (χ3n) is 6.60. The normalized spacial score (nSPS) is 11.5. The van der Waals surface area contributed by atoms with Crippen molar-refractivity contribution in [2.24, 2.45) is 4.99 Å². The first-order valence-electron chi connectivity index (χ1n) is 17.3. The standard InChI is InChI=1S/C38H57N5O7/c1-36(2,3)48-33(45)39-26-14-12-10-11-13-15-31(44)40-29-22-18-27(19-23-29)16-17-28-20-24-30(25-21-28)41-32(42-34(46)49-37(4,5)6)43-35(47)50-38(7,8)9/h18-25H,10-17,26H2,1-9H3,(H,39,45)(H,40,44)(H2,41,42,43,46,47). The lowest BCUT2D eigenvalue weighted by atomic mass is 10.0. The van der Waals surface area contributed by atoms with Gasteiger partial charge in [-0.05, 0) is 123 Å². The average molecular weight is 696 g/mol. The van der Waals surface area contributed by atoms with E-state index in [1.165, 1.54) is 0 Å². The van der Waals surface area contributed by atoms with Crippen LogP contribution in [0.15, 0.2) is 53.5 Å². The van der Waals surface area contributed by atoms with Gasteiger partial charge in [0.05, 0.1) is 5.69 Å². The maximum absolute atomic E-state index is 12.4. The molecule has 50 heavy (non-hydrogen) atoms. The molecule has 0 saturated heterocycles. The van der Waals surface area contributed by atoms with Crippen LogP contribution in [-0.4, -0.2) is 53.5 Å². The van der Waals surface area contributed by atoms with Gasteiger partial charge in [-0.1, -0.05) is 43.5 Å². The van der Waals surface area contributed by atoms with Crippen molar-refractivity contribution in [2.75, 3.05) is 11.9 Å². The summed E-state index contributed by atoms with van der Waals surface area (Å²) in [6, 6.07) is 15.3. The number of unbranched alkanes of at least 4 members (excludes halogenated alkanes) is 4. The fourth-order valence-electron chi connectivity index (χ4n) is 4.47. The maximum Gasteiger partial charge on any atom is 0.414 e. The molecule has 2 rings (SSSR count). The fourth-order valence-corrected chi connectivity index (χ4v) is 4.47. The number of nitrogens with one attached hydrogen (secondary N) is 4. The second-order valence-corrected chi connectivity index (χ2v) is 15.1. The van der Waals surface area contributed by atoms with Crippen molar-refractivity contribution in [1.29, 1.82) is 0 Å². The van der Waals surface area contributed by atoms with Gasteiger partial charge in [0, 0.05) is 18.7 Å². The Kier molecular flexibility index (Phi) is 16.2. The molecule has 0 atom stereocenters. The van der Waals surface area contributed by atoms with Crippen molar-refractivity contribution < 1.29 is 33.4 Å². The van der Waals surface area contributed by atoms with Gasteiger partial charge in [0.25, 0.3) is 0 Å². The van der Waals surface area contributed by atoms with Crippen LogP contribution in [0.1, 0.15) is 112 Å². The predicted molar refractivity (Wildman–Crippen MR) is 197 cm³/mol. The van der Waals surface area contributed by atoms with E-state index >= 15 is 0 Å². The Balaban J connectivity index is 1.78. The number of alkyl carbamates (subject to hydrolysis) is 3. The number of amides is 4. The summed E-state index contributed by atoms with van der Waals surface area (Å²) < 4.78 is 15.8. The number of benzene rings is 2. The average Bonchev–Trinajstić information content (AvgIpc) is 2.96. The third kappa shape index (κ3) is 20.0. The van der Waals surface area contributed by atoms with E-state index in [2.05, 4.69) is 26.3 Å². The van der Waals surface area contributed by atoms with Crippen LogP contribution in [0.3, 0.4) is 0 Å². The van der Waals surface area contributed by atoms with Crippen LogP contribution in [0.2, 0.25) is 0 Å². The third-order valence-corrected chi connectivity index (χ3v) is 6.60. The number of ether oxygens (including phenoxy) is 3. The second-order valence-electron chi connectivity index (χ2n) is 15.1. The molecular formula is C38H57N5O7. The Hall–Kier alpha value is -4.61. The Morgan fingerprint density at radius 2 is 1.02 bits per heavy atom. The number of hydrogen-bond acceptors (Lipinski definition) is 8. The Morgan fingerprint density at radius 1 is 0.580 bits per heavy atom. The minimum absolute atomic E-state index is 0.00200. The lowest BCUT2D eigenvalue weighted by Crippen LogP contribution is -2.47. The molecule has 0 aliphatic rings. The van der Waals surface area contributed by atoms with Gasteiger partial charge in [0.2, 0.25) is 11.9 Å². The van der Waals surface area contributed by atoms with Crippen LogP contribution in [0, 0.1) is 0 Å². The minimum Gasteiger partial charge on any atom is -0.444 e. The highest BCUT2D eigenvalue weighted by Gasteiger charge is 2.21. The van der Waals surface area contributed by atoms with E-state index < -0.39 is 35.1 Å². The number of nitrogens with zero attached hydrogens (tertiary/aromatic N) is 1. The minimum atomic E-state index is -0.760. The molecule has 2 aromatic rings. The molecule has 0 heterocycles. The summed E-state index contributed by atoms with van der Waals surface area (Å²) in [5.41, 5.74) is 1.55. The molecule has 12 heteroatoms. The molecule has 0 bridgehead atoms. The molecule has 4 N–H and O–H groups in total. The van der Waals surface area contributed by atoms with Crippen molar-refractivity contribution in [3.63, 3.8) is 0 Å². The van der Waals surface area contributed by atoms with E-state index in [4.69, 9.17) is 14.2 Å². The van der Waals surface area contributed by atoms with Gasteiger partial charge in [-0.3, -0.25) is 15.4 Å². The molecule has 0 fully saturated rings. The highest BCUT2D eigenvalue weighted by atomic mass is 16.6. The number of hydrogen-bond donors (Lipinski definition) is 4. The quantitative estimate of drug-likeness (QED) is 0.0711. The van der Waals surface area contributed by atoms with Crippen LogP contribution in [0.25, 0.3) is 0 Å². The molecule has 0 radical (unpaired) electrons. The van der Waals surface area contributed by atoms with E-state index in [1.54, 1.807) is 53.7 Å². The summed E-state index contributed by atoms with van der Waals surface area (Å²) in [7, 11) is 0. The molecule has 276 valence electrons. The van der Waals surface area contributed by atoms with E-state index in [-0.39, 0.29) is 11.9 Å². The van der Waals surface area contributed by atoms with Gasteiger partial charge in [-0.15, -0.1) is 0 Å². The maximum atomic E-state index is 12.4.